The quantitative estimate of drug-likeness (QED) is 0.747. The fraction of sp³-hybridized carbons (Fsp3) is 0.235. The van der Waals surface area contributed by atoms with Gasteiger partial charge < -0.3 is 10.6 Å². The van der Waals surface area contributed by atoms with Crippen LogP contribution in [0, 0.1) is 0 Å². The minimum Gasteiger partial charge on any atom is -0.379 e. The molecule has 1 aliphatic rings. The smallest absolute Gasteiger partial charge is 0.258 e. The van der Waals surface area contributed by atoms with Gasteiger partial charge in [-0.15, -0.1) is 11.3 Å². The second-order valence-corrected chi connectivity index (χ2v) is 6.69. The first-order valence-corrected chi connectivity index (χ1v) is 8.67. The normalized spacial score (nSPS) is 13.8. The SMILES string of the molecule is O=C(NC1CC1)c1ccc(NCc2cc(=O)n3ccsc3n2)cc1. The van der Waals surface area contributed by atoms with E-state index in [4.69, 9.17) is 0 Å². The Bertz CT molecular complexity index is 941. The van der Waals surface area contributed by atoms with Gasteiger partial charge in [-0.2, -0.15) is 0 Å². The molecule has 1 aliphatic carbocycles. The first-order valence-electron chi connectivity index (χ1n) is 7.80. The van der Waals surface area contributed by atoms with E-state index in [0.717, 1.165) is 18.5 Å². The van der Waals surface area contributed by atoms with Crippen LogP contribution in [0.3, 0.4) is 0 Å². The van der Waals surface area contributed by atoms with Gasteiger partial charge in [0.15, 0.2) is 4.96 Å². The van der Waals surface area contributed by atoms with Crippen molar-refractivity contribution in [2.45, 2.75) is 25.4 Å². The molecule has 1 saturated carbocycles. The van der Waals surface area contributed by atoms with Crippen molar-refractivity contribution in [1.29, 1.82) is 0 Å². The van der Waals surface area contributed by atoms with Crippen LogP contribution in [0.2, 0.25) is 0 Å². The molecular formula is C17H16N4O2S. The summed E-state index contributed by atoms with van der Waals surface area (Å²) in [6, 6.07) is 9.20. The molecule has 0 radical (unpaired) electrons. The van der Waals surface area contributed by atoms with Crippen molar-refractivity contribution in [1.82, 2.24) is 14.7 Å². The fourth-order valence-corrected chi connectivity index (χ4v) is 3.15. The first-order chi connectivity index (χ1) is 11.7. The van der Waals surface area contributed by atoms with E-state index in [0.29, 0.717) is 28.8 Å². The molecule has 0 bridgehead atoms. The monoisotopic (exact) mass is 340 g/mol. The van der Waals surface area contributed by atoms with Crippen molar-refractivity contribution in [2.24, 2.45) is 0 Å². The first kappa shape index (κ1) is 14.9. The third-order valence-corrected chi connectivity index (χ3v) is 4.65. The molecule has 0 saturated heterocycles. The number of thiazole rings is 1. The van der Waals surface area contributed by atoms with Gasteiger partial charge >= 0.3 is 0 Å². The number of hydrogen-bond acceptors (Lipinski definition) is 5. The van der Waals surface area contributed by atoms with Crippen molar-refractivity contribution in [3.8, 4) is 0 Å². The minimum atomic E-state index is -0.0786. The Labute approximate surface area is 142 Å². The van der Waals surface area contributed by atoms with Gasteiger partial charge in [0.2, 0.25) is 0 Å². The number of anilines is 1. The lowest BCUT2D eigenvalue weighted by molar-refractivity contribution is 0.0951. The zero-order valence-electron chi connectivity index (χ0n) is 12.9. The van der Waals surface area contributed by atoms with E-state index in [2.05, 4.69) is 15.6 Å². The molecule has 1 fully saturated rings. The van der Waals surface area contributed by atoms with E-state index < -0.39 is 0 Å². The van der Waals surface area contributed by atoms with Crippen LogP contribution in [0.1, 0.15) is 28.9 Å². The number of rotatable bonds is 5. The summed E-state index contributed by atoms with van der Waals surface area (Å²) < 4.78 is 1.53. The average molecular weight is 340 g/mol. The Balaban J connectivity index is 1.42. The van der Waals surface area contributed by atoms with E-state index in [1.54, 1.807) is 18.3 Å². The van der Waals surface area contributed by atoms with Gasteiger partial charge in [-0.3, -0.25) is 14.0 Å². The number of nitrogens with one attached hydrogen (secondary N) is 2. The van der Waals surface area contributed by atoms with Crippen LogP contribution < -0.4 is 16.2 Å². The van der Waals surface area contributed by atoms with Crippen LogP contribution in [0.5, 0.6) is 0 Å². The highest BCUT2D eigenvalue weighted by molar-refractivity contribution is 7.15. The summed E-state index contributed by atoms with van der Waals surface area (Å²) in [5.41, 5.74) is 2.15. The molecule has 0 aliphatic heterocycles. The third-order valence-electron chi connectivity index (χ3n) is 3.89. The second kappa shape index (κ2) is 6.09. The van der Waals surface area contributed by atoms with Gasteiger partial charge in [-0.05, 0) is 37.1 Å². The standard InChI is InChI=1S/C17H16N4O2S/c22-15-9-14(20-17-21(15)7-8-24-17)10-18-12-3-1-11(2-4-12)16(23)19-13-5-6-13/h1-4,7-9,13,18H,5-6,10H2,(H,19,23). The number of benzene rings is 1. The maximum absolute atomic E-state index is 11.9. The van der Waals surface area contributed by atoms with Crippen LogP contribution >= 0.6 is 11.3 Å². The lowest BCUT2D eigenvalue weighted by atomic mass is 10.2. The number of hydrogen-bond donors (Lipinski definition) is 2. The molecule has 122 valence electrons. The Kier molecular flexibility index (Phi) is 3.78. The maximum Gasteiger partial charge on any atom is 0.258 e. The van der Waals surface area contributed by atoms with Gasteiger partial charge in [-0.25, -0.2) is 4.98 Å². The number of amides is 1. The molecule has 0 atom stereocenters. The van der Waals surface area contributed by atoms with Gasteiger partial charge in [0, 0.05) is 34.9 Å². The third kappa shape index (κ3) is 3.16. The summed E-state index contributed by atoms with van der Waals surface area (Å²) in [6.07, 6.45) is 3.87. The van der Waals surface area contributed by atoms with Crippen molar-refractivity contribution < 1.29 is 4.79 Å². The van der Waals surface area contributed by atoms with Crippen LogP contribution in [0.25, 0.3) is 4.96 Å². The summed E-state index contributed by atoms with van der Waals surface area (Å²) >= 11 is 1.43. The molecular weight excluding hydrogens is 324 g/mol. The average Bonchev–Trinajstić information content (AvgIpc) is 3.26. The molecule has 2 aromatic heterocycles. The zero-order valence-corrected chi connectivity index (χ0v) is 13.7. The number of nitrogens with zero attached hydrogens (tertiary/aromatic N) is 2. The Morgan fingerprint density at radius 1 is 1.29 bits per heavy atom. The highest BCUT2D eigenvalue weighted by Crippen LogP contribution is 2.19. The minimum absolute atomic E-state index is 0.0260. The molecule has 3 aromatic rings. The molecule has 7 heteroatoms. The molecule has 6 nitrogen and oxygen atoms in total. The molecule has 2 N–H and O–H groups in total. The van der Waals surface area contributed by atoms with Crippen molar-refractivity contribution in [2.75, 3.05) is 5.32 Å². The summed E-state index contributed by atoms with van der Waals surface area (Å²) in [5.74, 6) is -0.0260. The van der Waals surface area contributed by atoms with Crippen LogP contribution in [-0.2, 0) is 6.54 Å². The largest absolute Gasteiger partial charge is 0.379 e. The van der Waals surface area contributed by atoms with Gasteiger partial charge in [0.25, 0.3) is 11.5 Å². The fourth-order valence-electron chi connectivity index (χ4n) is 2.41. The van der Waals surface area contributed by atoms with Crippen molar-refractivity contribution in [3.63, 3.8) is 0 Å². The number of carbonyl (C=O) groups is 1. The Morgan fingerprint density at radius 3 is 2.83 bits per heavy atom. The second-order valence-electron chi connectivity index (χ2n) is 5.82. The van der Waals surface area contributed by atoms with E-state index >= 15 is 0 Å². The molecule has 2 heterocycles. The Morgan fingerprint density at radius 2 is 2.08 bits per heavy atom. The van der Waals surface area contributed by atoms with Crippen molar-refractivity contribution in [3.05, 3.63) is 63.5 Å². The lowest BCUT2D eigenvalue weighted by Crippen LogP contribution is -2.25. The highest BCUT2D eigenvalue weighted by atomic mass is 32.1. The summed E-state index contributed by atoms with van der Waals surface area (Å²) in [4.78, 5) is 29.0. The predicted octanol–water partition coefficient (Wildman–Crippen LogP) is 2.26. The summed E-state index contributed by atoms with van der Waals surface area (Å²) in [7, 11) is 0. The highest BCUT2D eigenvalue weighted by Gasteiger charge is 2.23. The molecule has 1 aromatic carbocycles. The van der Waals surface area contributed by atoms with Gasteiger partial charge in [0.05, 0.1) is 12.2 Å². The maximum atomic E-state index is 11.9. The van der Waals surface area contributed by atoms with E-state index in [9.17, 15) is 9.59 Å². The zero-order chi connectivity index (χ0) is 16.5. The molecule has 1 amide bonds. The van der Waals surface area contributed by atoms with Crippen LogP contribution in [-0.4, -0.2) is 21.3 Å². The van der Waals surface area contributed by atoms with Crippen LogP contribution in [0.15, 0.2) is 46.7 Å². The lowest BCUT2D eigenvalue weighted by Gasteiger charge is -2.08. The topological polar surface area (TPSA) is 75.5 Å². The summed E-state index contributed by atoms with van der Waals surface area (Å²) in [5, 5.41) is 8.03. The number of carbonyl (C=O) groups excluding carboxylic acids is 1. The van der Waals surface area contributed by atoms with Crippen molar-refractivity contribution >= 4 is 27.9 Å². The van der Waals surface area contributed by atoms with E-state index in [1.165, 1.54) is 21.8 Å². The summed E-state index contributed by atoms with van der Waals surface area (Å²) in [6.45, 7) is 0.456. The molecule has 0 spiro atoms. The number of fused-ring (bicyclic) bond motifs is 1. The number of aromatic nitrogens is 2. The molecule has 4 rings (SSSR count). The van der Waals surface area contributed by atoms with Crippen LogP contribution in [0.4, 0.5) is 5.69 Å². The predicted molar refractivity (Wildman–Crippen MR) is 93.6 cm³/mol. The van der Waals surface area contributed by atoms with E-state index in [1.807, 2.05) is 17.5 Å². The molecule has 0 unspecified atom stereocenters. The molecule has 24 heavy (non-hydrogen) atoms. The Hall–Kier alpha value is -2.67. The van der Waals surface area contributed by atoms with Gasteiger partial charge in [0.1, 0.15) is 0 Å². The van der Waals surface area contributed by atoms with Gasteiger partial charge in [-0.1, -0.05) is 0 Å². The van der Waals surface area contributed by atoms with E-state index in [-0.39, 0.29) is 11.5 Å².